The first kappa shape index (κ1) is 49.0. The van der Waals surface area contributed by atoms with E-state index in [1.807, 2.05) is 116 Å². The molecule has 1 fully saturated rings. The number of amides is 4. The zero-order chi connectivity index (χ0) is 43.4. The Balaban J connectivity index is 1.87. The highest BCUT2D eigenvalue weighted by molar-refractivity contribution is 14.1. The summed E-state index contributed by atoms with van der Waals surface area (Å²) in [6.45, 7) is 11.5. The van der Waals surface area contributed by atoms with Crippen LogP contribution >= 0.6 is 22.6 Å². The van der Waals surface area contributed by atoms with E-state index in [2.05, 4.69) is 27.2 Å². The van der Waals surface area contributed by atoms with E-state index in [1.54, 1.807) is 0 Å². The molecule has 1 aliphatic rings. The molecule has 1 unspecified atom stereocenters. The maximum atomic E-state index is 14.3. The summed E-state index contributed by atoms with van der Waals surface area (Å²) in [5.74, 6) is -0.780. The third-order valence-corrected chi connectivity index (χ3v) is 11.3. The number of nitrogens with one attached hydrogen (secondary N) is 4. The fourth-order valence-electron chi connectivity index (χ4n) is 6.70. The number of rotatable bonds is 24. The Kier molecular flexibility index (Phi) is 21.1. The largest absolute Gasteiger partial charge is 0.450 e. The fourth-order valence-corrected chi connectivity index (χ4v) is 7.23. The molecule has 5 atom stereocenters. The Bertz CT molecular complexity index is 1710. The summed E-state index contributed by atoms with van der Waals surface area (Å²) < 4.78 is 11.2. The van der Waals surface area contributed by atoms with Crippen molar-refractivity contribution in [3.8, 4) is 12.3 Å². The van der Waals surface area contributed by atoms with Gasteiger partial charge in [-0.1, -0.05) is 111 Å². The second-order valence-corrected chi connectivity index (χ2v) is 16.8. The lowest BCUT2D eigenvalue weighted by Gasteiger charge is -2.32. The van der Waals surface area contributed by atoms with Crippen LogP contribution in [0.5, 0.6) is 0 Å². The van der Waals surface area contributed by atoms with E-state index < -0.39 is 59.2 Å². The molecule has 59 heavy (non-hydrogen) atoms. The Morgan fingerprint density at radius 3 is 1.88 bits per heavy atom. The highest BCUT2D eigenvalue weighted by atomic mass is 127. The Morgan fingerprint density at radius 1 is 0.780 bits per heavy atom. The minimum Gasteiger partial charge on any atom is -0.450 e. The van der Waals surface area contributed by atoms with Crippen molar-refractivity contribution in [2.24, 2.45) is 11.8 Å². The van der Waals surface area contributed by atoms with Crippen LogP contribution in [0.25, 0.3) is 0 Å². The number of alkyl halides is 1. The molecule has 1 heterocycles. The number of halogens is 1. The number of terminal acetylenes is 1. The van der Waals surface area contributed by atoms with Gasteiger partial charge in [0.15, 0.2) is 11.4 Å². The van der Waals surface area contributed by atoms with Crippen molar-refractivity contribution < 1.29 is 38.2 Å². The third-order valence-electron chi connectivity index (χ3n) is 9.87. The summed E-state index contributed by atoms with van der Waals surface area (Å²) >= 11 is 1.98. The van der Waals surface area contributed by atoms with Gasteiger partial charge in [0.05, 0.1) is 32.2 Å². The minimum atomic E-state index is -1.54. The highest BCUT2D eigenvalue weighted by Gasteiger charge is 2.42. The number of ketones is 1. The summed E-state index contributed by atoms with van der Waals surface area (Å²) in [5, 5.41) is 11.6. The van der Waals surface area contributed by atoms with Gasteiger partial charge in [0.2, 0.25) is 23.6 Å². The number of ether oxygens (including phenoxy) is 2. The summed E-state index contributed by atoms with van der Waals surface area (Å²) in [4.78, 5) is 84.6. The highest BCUT2D eigenvalue weighted by Crippen LogP contribution is 2.22. The molecule has 1 saturated heterocycles. The number of nitrogens with zero attached hydrogens (tertiary/aromatic N) is 1. The molecule has 0 aromatic heterocycles. The van der Waals surface area contributed by atoms with E-state index in [-0.39, 0.29) is 60.8 Å². The van der Waals surface area contributed by atoms with Crippen LogP contribution in [0.4, 0.5) is 0 Å². The van der Waals surface area contributed by atoms with Gasteiger partial charge < -0.3 is 30.7 Å². The standard InChI is InChI=1S/C45H62IN5O8/c1-7-8-19-40(53)59-45(6,30-46)41(54)36(26-31(2)3)48-44(57)38(28-34-17-13-10-14-18-34)50-43(56)37(27-32(4)5)49-42(55)35(21-20-33-15-11-9-12-16-33)47-39(52)29-51-22-24-58-25-23-51/h1,9-18,31-32,35-38H,8,19-30H2,2-6H3,(H,47,52)(H,48,57)(H,49,55)(H,50,56)/t35-,36-,37-,38-,45?/m0/s1. The summed E-state index contributed by atoms with van der Waals surface area (Å²) in [7, 11) is 0. The summed E-state index contributed by atoms with van der Waals surface area (Å²) in [6.07, 6.45) is 6.82. The number of hydrogen-bond acceptors (Lipinski definition) is 9. The first-order valence-electron chi connectivity index (χ1n) is 20.5. The van der Waals surface area contributed by atoms with Gasteiger partial charge >= 0.3 is 5.97 Å². The van der Waals surface area contributed by atoms with E-state index in [4.69, 9.17) is 15.9 Å². The normalized spacial score (nSPS) is 16.1. The summed E-state index contributed by atoms with van der Waals surface area (Å²) in [6, 6.07) is 14.6. The first-order valence-corrected chi connectivity index (χ1v) is 22.0. The van der Waals surface area contributed by atoms with Crippen LogP contribution in [-0.2, 0) is 51.1 Å². The van der Waals surface area contributed by atoms with Gasteiger partial charge in [-0.05, 0) is 55.6 Å². The molecule has 322 valence electrons. The number of esters is 1. The number of hydrogen-bond donors (Lipinski definition) is 4. The van der Waals surface area contributed by atoms with Crippen LogP contribution in [0.2, 0.25) is 0 Å². The van der Waals surface area contributed by atoms with Crippen molar-refractivity contribution in [1.82, 2.24) is 26.2 Å². The molecule has 0 spiro atoms. The average molecular weight is 928 g/mol. The Morgan fingerprint density at radius 2 is 1.31 bits per heavy atom. The Hall–Kier alpha value is -4.33. The first-order chi connectivity index (χ1) is 28.1. The van der Waals surface area contributed by atoms with E-state index in [1.165, 1.54) is 6.92 Å². The van der Waals surface area contributed by atoms with E-state index >= 15 is 0 Å². The van der Waals surface area contributed by atoms with Crippen LogP contribution in [-0.4, -0.2) is 107 Å². The van der Waals surface area contributed by atoms with Crippen LogP contribution < -0.4 is 21.3 Å². The molecule has 13 nitrogen and oxygen atoms in total. The molecule has 3 rings (SSSR count). The average Bonchev–Trinajstić information content (AvgIpc) is 3.21. The van der Waals surface area contributed by atoms with E-state index in [9.17, 15) is 28.8 Å². The molecule has 1 aliphatic heterocycles. The molecule has 2 aromatic carbocycles. The Labute approximate surface area is 363 Å². The van der Waals surface area contributed by atoms with Gasteiger partial charge in [-0.15, -0.1) is 12.3 Å². The maximum Gasteiger partial charge on any atom is 0.307 e. The molecular formula is C45H62IN5O8. The smallest absolute Gasteiger partial charge is 0.307 e. The molecule has 0 radical (unpaired) electrons. The molecule has 4 N–H and O–H groups in total. The molecule has 4 amide bonds. The van der Waals surface area contributed by atoms with Crippen LogP contribution in [0.3, 0.4) is 0 Å². The molecule has 2 aromatic rings. The number of aryl methyl sites for hydroxylation is 1. The fraction of sp³-hybridized carbons (Fsp3) is 0.556. The van der Waals surface area contributed by atoms with Crippen molar-refractivity contribution in [1.29, 1.82) is 0 Å². The molecule has 14 heteroatoms. The van der Waals surface area contributed by atoms with Crippen LogP contribution in [0.1, 0.15) is 77.8 Å². The van der Waals surface area contributed by atoms with Gasteiger partial charge in [0.1, 0.15) is 18.1 Å². The zero-order valence-corrected chi connectivity index (χ0v) is 37.3. The predicted molar refractivity (Wildman–Crippen MR) is 235 cm³/mol. The second-order valence-electron chi connectivity index (χ2n) is 16.1. The lowest BCUT2D eigenvalue weighted by Crippen LogP contribution is -2.60. The number of morpholine rings is 1. The summed E-state index contributed by atoms with van der Waals surface area (Å²) in [5.41, 5.74) is 0.208. The maximum absolute atomic E-state index is 14.3. The number of carbonyl (C=O) groups is 6. The second kappa shape index (κ2) is 25.3. The molecular weight excluding hydrogens is 865 g/mol. The van der Waals surface area contributed by atoms with Crippen molar-refractivity contribution in [2.45, 2.75) is 109 Å². The number of Topliss-reactive ketones (excluding diaryl/α,β-unsaturated/α-hetero) is 1. The number of benzene rings is 2. The van der Waals surface area contributed by atoms with Crippen molar-refractivity contribution >= 4 is 58.0 Å². The van der Waals surface area contributed by atoms with Crippen LogP contribution in [0.15, 0.2) is 60.7 Å². The van der Waals surface area contributed by atoms with Gasteiger partial charge in [0.25, 0.3) is 0 Å². The van der Waals surface area contributed by atoms with Gasteiger partial charge in [-0.3, -0.25) is 33.7 Å². The van der Waals surface area contributed by atoms with Gasteiger partial charge in [0, 0.05) is 30.4 Å². The number of carbonyl (C=O) groups excluding carboxylic acids is 6. The molecule has 0 bridgehead atoms. The predicted octanol–water partition coefficient (Wildman–Crippen LogP) is 3.94. The lowest BCUT2D eigenvalue weighted by atomic mass is 9.90. The lowest BCUT2D eigenvalue weighted by molar-refractivity contribution is -0.164. The minimum absolute atomic E-state index is 0.0307. The van der Waals surface area contributed by atoms with Crippen LogP contribution in [0, 0.1) is 24.2 Å². The van der Waals surface area contributed by atoms with Gasteiger partial charge in [-0.25, -0.2) is 0 Å². The SMILES string of the molecule is C#CCCC(=O)OC(C)(CI)C(=O)[C@H](CC(C)C)NC(=O)[C@H](Cc1ccccc1)NC(=O)[C@H](CC(C)C)NC(=O)[C@H](CCc1ccccc1)NC(=O)CN1CCOCC1. The topological polar surface area (TPSA) is 172 Å². The monoisotopic (exact) mass is 927 g/mol. The third kappa shape index (κ3) is 17.4. The quantitative estimate of drug-likeness (QED) is 0.0527. The van der Waals surface area contributed by atoms with E-state index in [0.29, 0.717) is 39.1 Å². The molecule has 0 aliphatic carbocycles. The molecule has 0 saturated carbocycles. The zero-order valence-electron chi connectivity index (χ0n) is 35.1. The van der Waals surface area contributed by atoms with Crippen molar-refractivity contribution in [2.75, 3.05) is 37.3 Å². The van der Waals surface area contributed by atoms with Gasteiger partial charge in [-0.2, -0.15) is 0 Å². The van der Waals surface area contributed by atoms with E-state index in [0.717, 1.165) is 11.1 Å². The van der Waals surface area contributed by atoms with Crippen molar-refractivity contribution in [3.05, 3.63) is 71.8 Å². The van der Waals surface area contributed by atoms with Crippen molar-refractivity contribution in [3.63, 3.8) is 0 Å².